The zero-order chi connectivity index (χ0) is 24.5. The Morgan fingerprint density at radius 1 is 0.778 bits per heavy atom. The molecule has 4 nitrogen and oxygen atoms in total. The summed E-state index contributed by atoms with van der Waals surface area (Å²) in [5, 5.41) is 0. The number of nitrogens with zero attached hydrogens (tertiary/aromatic N) is 2. The zero-order valence-corrected chi connectivity index (χ0v) is 20.3. The molecule has 1 spiro atoms. The lowest BCUT2D eigenvalue weighted by Gasteiger charge is -2.48. The number of benzene rings is 4. The number of fused-ring (bicyclic) bond motifs is 5. The number of methoxy groups -OCH3 is 1. The molecule has 3 aliphatic rings. The summed E-state index contributed by atoms with van der Waals surface area (Å²) < 4.78 is 6.67. The van der Waals surface area contributed by atoms with Crippen LogP contribution in [0.25, 0.3) is 0 Å². The summed E-state index contributed by atoms with van der Waals surface area (Å²) in [4.78, 5) is 22.4. The van der Waals surface area contributed by atoms with E-state index >= 15 is 0 Å². The number of rotatable bonds is 3. The van der Waals surface area contributed by atoms with Gasteiger partial charge >= 0.3 is 0 Å². The van der Waals surface area contributed by atoms with Gasteiger partial charge in [-0.3, -0.25) is 9.79 Å². The fourth-order valence-electron chi connectivity index (χ4n) is 7.25. The van der Waals surface area contributed by atoms with Crippen LogP contribution in [0.2, 0.25) is 0 Å². The molecule has 0 aromatic heterocycles. The number of hydrogen-bond donors (Lipinski definition) is 0. The minimum Gasteiger partial charge on any atom is -0.364 e. The third-order valence-corrected chi connectivity index (χ3v) is 8.51. The van der Waals surface area contributed by atoms with Crippen molar-refractivity contribution < 1.29 is 9.53 Å². The Bertz CT molecular complexity index is 1530. The standard InChI is InChI=1S/C32H26N2O2/c1-34-26-20-12-9-17-23(26)30(35)31(34)28(22-15-7-4-8-16-22)27(21-13-5-3-6-14-21)29-32(31,36-2)24-18-10-11-19-25(24)33-29/h3-20,27-28H,1-2H3. The molecule has 4 unspecified atom stereocenters. The van der Waals surface area contributed by atoms with Gasteiger partial charge in [-0.25, -0.2) is 0 Å². The van der Waals surface area contributed by atoms with Gasteiger partial charge in [0.1, 0.15) is 0 Å². The molecule has 0 radical (unpaired) electrons. The number of para-hydroxylation sites is 2. The van der Waals surface area contributed by atoms with E-state index in [1.54, 1.807) is 7.11 Å². The minimum absolute atomic E-state index is 0.0825. The number of anilines is 1. The van der Waals surface area contributed by atoms with Crippen molar-refractivity contribution in [2.24, 2.45) is 4.99 Å². The lowest BCUT2D eigenvalue weighted by molar-refractivity contribution is -0.00547. The lowest BCUT2D eigenvalue weighted by atomic mass is 9.67. The largest absolute Gasteiger partial charge is 0.364 e. The summed E-state index contributed by atoms with van der Waals surface area (Å²) in [6, 6.07) is 36.9. The first-order valence-electron chi connectivity index (χ1n) is 12.4. The molecular formula is C32H26N2O2. The Labute approximate surface area is 210 Å². The number of carbonyl (C=O) groups is 1. The van der Waals surface area contributed by atoms with Crippen molar-refractivity contribution in [2.45, 2.75) is 23.0 Å². The van der Waals surface area contributed by atoms with E-state index in [0.717, 1.165) is 39.3 Å². The molecule has 0 amide bonds. The van der Waals surface area contributed by atoms with Crippen LogP contribution in [0, 0.1) is 0 Å². The van der Waals surface area contributed by atoms with E-state index in [-0.39, 0.29) is 17.6 Å². The highest BCUT2D eigenvalue weighted by Gasteiger charge is 2.78. The highest BCUT2D eigenvalue weighted by atomic mass is 16.5. The SMILES string of the molecule is COC12C(=Nc3ccccc31)C(c1ccccc1)C(c1ccccc1)C21C(=O)c2ccccc2N1C. The summed E-state index contributed by atoms with van der Waals surface area (Å²) in [5.74, 6) is -0.293. The van der Waals surface area contributed by atoms with E-state index in [4.69, 9.17) is 9.73 Å². The highest BCUT2D eigenvalue weighted by Crippen LogP contribution is 2.69. The maximum absolute atomic E-state index is 14.9. The molecule has 7 rings (SSSR count). The van der Waals surface area contributed by atoms with Gasteiger partial charge in [-0.1, -0.05) is 91.0 Å². The molecule has 1 saturated carbocycles. The normalized spacial score (nSPS) is 27.7. The van der Waals surface area contributed by atoms with E-state index in [1.807, 2.05) is 61.6 Å². The van der Waals surface area contributed by atoms with Gasteiger partial charge in [0.25, 0.3) is 0 Å². The highest BCUT2D eigenvalue weighted by molar-refractivity contribution is 6.24. The summed E-state index contributed by atoms with van der Waals surface area (Å²) in [7, 11) is 3.78. The summed E-state index contributed by atoms with van der Waals surface area (Å²) >= 11 is 0. The molecule has 4 aromatic rings. The van der Waals surface area contributed by atoms with Gasteiger partial charge in [-0.2, -0.15) is 0 Å². The number of aliphatic imine (C=N–C) groups is 1. The van der Waals surface area contributed by atoms with Crippen molar-refractivity contribution >= 4 is 22.9 Å². The molecule has 176 valence electrons. The Morgan fingerprint density at radius 2 is 1.39 bits per heavy atom. The Morgan fingerprint density at radius 3 is 2.08 bits per heavy atom. The third-order valence-electron chi connectivity index (χ3n) is 8.51. The fourth-order valence-corrected chi connectivity index (χ4v) is 7.25. The number of ketones is 1. The molecule has 4 heteroatoms. The maximum atomic E-state index is 14.9. The van der Waals surface area contributed by atoms with Crippen molar-refractivity contribution in [3.8, 4) is 0 Å². The first-order valence-corrected chi connectivity index (χ1v) is 12.4. The number of carbonyl (C=O) groups excluding carboxylic acids is 1. The number of ether oxygens (including phenoxy) is 1. The fraction of sp³-hybridized carbons (Fsp3) is 0.188. The number of Topliss-reactive ketones (excluding diaryl/α,β-unsaturated/α-hetero) is 1. The molecule has 2 aliphatic heterocycles. The topological polar surface area (TPSA) is 41.9 Å². The number of likely N-dealkylation sites (N-methyl/N-ethyl adjacent to an activating group) is 1. The summed E-state index contributed by atoms with van der Waals surface area (Å²) in [6.45, 7) is 0. The molecule has 2 heterocycles. The predicted octanol–water partition coefficient (Wildman–Crippen LogP) is 6.27. The smallest absolute Gasteiger partial charge is 0.194 e. The molecular weight excluding hydrogens is 444 g/mol. The maximum Gasteiger partial charge on any atom is 0.194 e. The molecule has 36 heavy (non-hydrogen) atoms. The van der Waals surface area contributed by atoms with Gasteiger partial charge in [0.2, 0.25) is 0 Å². The van der Waals surface area contributed by atoms with E-state index in [1.165, 1.54) is 0 Å². The van der Waals surface area contributed by atoms with Crippen LogP contribution in [0.1, 0.15) is 38.9 Å². The second kappa shape index (κ2) is 7.49. The van der Waals surface area contributed by atoms with E-state index in [9.17, 15) is 4.79 Å². The quantitative estimate of drug-likeness (QED) is 0.355. The van der Waals surface area contributed by atoms with Crippen molar-refractivity contribution in [3.05, 3.63) is 131 Å². The number of hydrogen-bond acceptors (Lipinski definition) is 4. The summed E-state index contributed by atoms with van der Waals surface area (Å²) in [6.07, 6.45) is 0. The first-order chi connectivity index (χ1) is 17.7. The van der Waals surface area contributed by atoms with E-state index in [0.29, 0.717) is 0 Å². The van der Waals surface area contributed by atoms with Crippen LogP contribution in [-0.2, 0) is 10.3 Å². The Kier molecular flexibility index (Phi) is 4.43. The zero-order valence-electron chi connectivity index (χ0n) is 20.3. The third kappa shape index (κ3) is 2.33. The molecule has 0 bridgehead atoms. The van der Waals surface area contributed by atoms with Gasteiger partial charge in [0.05, 0.1) is 11.4 Å². The van der Waals surface area contributed by atoms with Crippen molar-refractivity contribution in [2.75, 3.05) is 19.1 Å². The van der Waals surface area contributed by atoms with Gasteiger partial charge in [-0.15, -0.1) is 0 Å². The van der Waals surface area contributed by atoms with E-state index in [2.05, 4.69) is 59.5 Å². The Hall–Kier alpha value is -4.02. The molecule has 1 fully saturated rings. The van der Waals surface area contributed by atoms with Crippen LogP contribution in [-0.4, -0.2) is 31.2 Å². The van der Waals surface area contributed by atoms with Crippen LogP contribution in [0.15, 0.2) is 114 Å². The van der Waals surface area contributed by atoms with Crippen LogP contribution in [0.5, 0.6) is 0 Å². The molecule has 0 N–H and O–H groups in total. The van der Waals surface area contributed by atoms with E-state index < -0.39 is 11.1 Å². The minimum atomic E-state index is -1.06. The van der Waals surface area contributed by atoms with Crippen LogP contribution in [0.3, 0.4) is 0 Å². The average molecular weight is 471 g/mol. The Balaban J connectivity index is 1.64. The molecule has 0 saturated heterocycles. The van der Waals surface area contributed by atoms with Gasteiger partial charge < -0.3 is 9.64 Å². The van der Waals surface area contributed by atoms with Crippen molar-refractivity contribution in [1.29, 1.82) is 0 Å². The monoisotopic (exact) mass is 470 g/mol. The second-order valence-electron chi connectivity index (χ2n) is 9.85. The van der Waals surface area contributed by atoms with Crippen LogP contribution < -0.4 is 4.90 Å². The molecule has 4 atom stereocenters. The van der Waals surface area contributed by atoms with Crippen molar-refractivity contribution in [3.63, 3.8) is 0 Å². The van der Waals surface area contributed by atoms with Crippen molar-refractivity contribution in [1.82, 2.24) is 0 Å². The second-order valence-corrected chi connectivity index (χ2v) is 9.85. The lowest BCUT2D eigenvalue weighted by Crippen LogP contribution is -2.65. The predicted molar refractivity (Wildman–Crippen MR) is 142 cm³/mol. The van der Waals surface area contributed by atoms with Crippen LogP contribution in [0.4, 0.5) is 11.4 Å². The molecule has 1 aliphatic carbocycles. The van der Waals surface area contributed by atoms with Gasteiger partial charge in [-0.05, 0) is 29.3 Å². The van der Waals surface area contributed by atoms with Gasteiger partial charge in [0, 0.05) is 42.8 Å². The van der Waals surface area contributed by atoms with Crippen LogP contribution >= 0.6 is 0 Å². The summed E-state index contributed by atoms with van der Waals surface area (Å²) in [5.41, 5.74) is 4.52. The average Bonchev–Trinajstić information content (AvgIpc) is 3.49. The first kappa shape index (κ1) is 21.3. The van der Waals surface area contributed by atoms with Gasteiger partial charge in [0.15, 0.2) is 16.9 Å². The molecule has 4 aromatic carbocycles.